The van der Waals surface area contributed by atoms with Gasteiger partial charge >= 0.3 is 0 Å². The molecular formula is C8H10BN3OS. The summed E-state index contributed by atoms with van der Waals surface area (Å²) in [4.78, 5) is 4.44. The third-order valence-corrected chi connectivity index (χ3v) is 4.26. The number of rotatable bonds is 2. The zero-order valence-corrected chi connectivity index (χ0v) is 8.91. The molecule has 0 spiro atoms. The highest BCUT2D eigenvalue weighted by atomic mass is 32.2. The van der Waals surface area contributed by atoms with E-state index in [1.165, 1.54) is 14.2 Å². The summed E-state index contributed by atoms with van der Waals surface area (Å²) in [5, 5.41) is 8.54. The van der Waals surface area contributed by atoms with Crippen molar-refractivity contribution in [3.05, 3.63) is 24.0 Å². The van der Waals surface area contributed by atoms with E-state index in [9.17, 15) is 4.21 Å². The van der Waals surface area contributed by atoms with Gasteiger partial charge in [0.25, 0.3) is 7.98 Å². The number of nitriles is 1. The highest BCUT2D eigenvalue weighted by Crippen LogP contribution is 2.12. The Bertz CT molecular complexity index is 468. The average molecular weight is 207 g/mol. The molecule has 0 fully saturated rings. The van der Waals surface area contributed by atoms with Gasteiger partial charge in [0.15, 0.2) is 0 Å². The van der Waals surface area contributed by atoms with E-state index in [0.29, 0.717) is 16.3 Å². The van der Waals surface area contributed by atoms with Crippen molar-refractivity contribution in [2.75, 3.05) is 5.75 Å². The highest BCUT2D eigenvalue weighted by Gasteiger charge is 2.08. The fourth-order valence-electron chi connectivity index (χ4n) is 1.04. The predicted octanol–water partition coefficient (Wildman–Crippen LogP) is 0.348. The maximum absolute atomic E-state index is 12.0. The topological polar surface area (TPSA) is 66.1 Å². The fourth-order valence-corrected chi connectivity index (χ4v) is 2.34. The van der Waals surface area contributed by atoms with E-state index >= 15 is 0 Å². The second-order valence-electron chi connectivity index (χ2n) is 2.60. The number of hydrogen-bond acceptors (Lipinski definition) is 4. The van der Waals surface area contributed by atoms with Gasteiger partial charge in [0.1, 0.15) is 11.8 Å². The second kappa shape index (κ2) is 4.25. The zero-order valence-electron chi connectivity index (χ0n) is 8.10. The zero-order chi connectivity index (χ0) is 10.6. The summed E-state index contributed by atoms with van der Waals surface area (Å²) < 4.78 is 15.9. The first-order valence-corrected chi connectivity index (χ1v) is 5.84. The molecule has 0 aromatic carbocycles. The van der Waals surface area contributed by atoms with Crippen LogP contribution in [0.4, 0.5) is 0 Å². The van der Waals surface area contributed by atoms with Crippen LogP contribution in [0.15, 0.2) is 27.5 Å². The Morgan fingerprint density at radius 2 is 2.43 bits per heavy atom. The number of pyridine rings is 1. The quantitative estimate of drug-likeness (QED) is 0.657. The molecule has 1 atom stereocenters. The maximum Gasteiger partial charge on any atom is 0.257 e. The van der Waals surface area contributed by atoms with Crippen LogP contribution in [-0.2, 0) is 9.73 Å². The molecule has 0 N–H and O–H groups in total. The molecule has 1 rings (SSSR count). The molecule has 0 radical (unpaired) electrons. The van der Waals surface area contributed by atoms with Crippen LogP contribution in [0, 0.1) is 11.3 Å². The third-order valence-electron chi connectivity index (χ3n) is 1.91. The van der Waals surface area contributed by atoms with Crippen molar-refractivity contribution in [2.24, 2.45) is 4.27 Å². The third kappa shape index (κ3) is 1.94. The van der Waals surface area contributed by atoms with E-state index in [-0.39, 0.29) is 0 Å². The molecule has 1 aromatic heterocycles. The SMILES string of the molecule is BN=S(=O)(CC)c1ccc(C#N)nc1. The summed E-state index contributed by atoms with van der Waals surface area (Å²) in [6.07, 6.45) is 1.46. The van der Waals surface area contributed by atoms with Gasteiger partial charge in [0, 0.05) is 11.9 Å². The fraction of sp³-hybridized carbons (Fsp3) is 0.250. The monoisotopic (exact) mass is 207 g/mol. The normalized spacial score (nSPS) is 14.0. The maximum atomic E-state index is 12.0. The lowest BCUT2D eigenvalue weighted by Gasteiger charge is -2.05. The van der Waals surface area contributed by atoms with Crippen molar-refractivity contribution in [1.82, 2.24) is 4.98 Å². The van der Waals surface area contributed by atoms with Crippen LogP contribution in [0.5, 0.6) is 0 Å². The second-order valence-corrected chi connectivity index (χ2v) is 5.30. The van der Waals surface area contributed by atoms with Crippen LogP contribution in [0.1, 0.15) is 12.6 Å². The molecule has 72 valence electrons. The Kier molecular flexibility index (Phi) is 3.25. The van der Waals surface area contributed by atoms with Gasteiger partial charge in [-0.3, -0.25) is 0 Å². The minimum absolute atomic E-state index is 0.322. The van der Waals surface area contributed by atoms with Crippen LogP contribution in [-0.4, -0.2) is 22.9 Å². The summed E-state index contributed by atoms with van der Waals surface area (Å²) in [7, 11) is -0.784. The van der Waals surface area contributed by atoms with Gasteiger partial charge in [0.05, 0.1) is 14.6 Å². The van der Waals surface area contributed by atoms with Crippen LogP contribution >= 0.6 is 0 Å². The van der Waals surface area contributed by atoms with Gasteiger partial charge in [-0.1, -0.05) is 6.92 Å². The van der Waals surface area contributed by atoms with E-state index in [1.807, 2.05) is 13.0 Å². The average Bonchev–Trinajstić information content (AvgIpc) is 2.28. The molecule has 1 aromatic rings. The van der Waals surface area contributed by atoms with Gasteiger partial charge in [-0.2, -0.15) is 5.26 Å². The summed E-state index contributed by atoms with van der Waals surface area (Å²) in [5.74, 6) is 0.455. The Morgan fingerprint density at radius 1 is 1.71 bits per heavy atom. The van der Waals surface area contributed by atoms with E-state index < -0.39 is 9.73 Å². The minimum atomic E-state index is -2.32. The van der Waals surface area contributed by atoms with Crippen molar-refractivity contribution < 1.29 is 4.21 Å². The minimum Gasteiger partial charge on any atom is -0.304 e. The lowest BCUT2D eigenvalue weighted by Crippen LogP contribution is -2.04. The lowest BCUT2D eigenvalue weighted by molar-refractivity contribution is 0.678. The van der Waals surface area contributed by atoms with Crippen molar-refractivity contribution in [2.45, 2.75) is 11.8 Å². The van der Waals surface area contributed by atoms with Crippen molar-refractivity contribution >= 4 is 17.7 Å². The molecule has 1 unspecified atom stereocenters. The summed E-state index contributed by atoms with van der Waals surface area (Å²) in [5.41, 5.74) is 0.322. The van der Waals surface area contributed by atoms with Crippen molar-refractivity contribution in [3.8, 4) is 6.07 Å². The Hall–Kier alpha value is -1.35. The number of nitrogens with zero attached hydrogens (tertiary/aromatic N) is 3. The number of aromatic nitrogens is 1. The standard InChI is InChI=1S/C8H10BN3OS/c1-2-14(13,12-9)8-4-3-7(5-10)11-6-8/h3-4,6H,2,9H2,1H3. The van der Waals surface area contributed by atoms with Crippen molar-refractivity contribution in [1.29, 1.82) is 5.26 Å². The predicted molar refractivity (Wildman–Crippen MR) is 56.9 cm³/mol. The molecule has 4 nitrogen and oxygen atoms in total. The summed E-state index contributed by atoms with van der Waals surface area (Å²) in [6, 6.07) is 5.10. The molecule has 0 amide bonds. The Morgan fingerprint density at radius 3 is 2.79 bits per heavy atom. The first kappa shape index (κ1) is 10.7. The van der Waals surface area contributed by atoms with Gasteiger partial charge in [-0.05, 0) is 12.1 Å². The summed E-state index contributed by atoms with van der Waals surface area (Å²) in [6.45, 7) is 1.81. The Balaban J connectivity index is 3.24. The van der Waals surface area contributed by atoms with Gasteiger partial charge in [-0.15, -0.1) is 0 Å². The van der Waals surface area contributed by atoms with E-state index in [1.54, 1.807) is 12.1 Å². The first-order valence-electron chi connectivity index (χ1n) is 4.15. The molecule has 0 aliphatic carbocycles. The molecular weight excluding hydrogens is 197 g/mol. The smallest absolute Gasteiger partial charge is 0.257 e. The first-order chi connectivity index (χ1) is 6.66. The van der Waals surface area contributed by atoms with Crippen molar-refractivity contribution in [3.63, 3.8) is 0 Å². The number of hydrogen-bond donors (Lipinski definition) is 0. The van der Waals surface area contributed by atoms with Crippen LogP contribution < -0.4 is 0 Å². The van der Waals surface area contributed by atoms with Crippen LogP contribution in [0.3, 0.4) is 0 Å². The van der Waals surface area contributed by atoms with E-state index in [4.69, 9.17) is 5.26 Å². The molecule has 0 saturated heterocycles. The van der Waals surface area contributed by atoms with Crippen LogP contribution in [0.25, 0.3) is 0 Å². The molecule has 0 aliphatic heterocycles. The Labute approximate surface area is 84.6 Å². The molecule has 0 saturated carbocycles. The molecule has 0 bridgehead atoms. The van der Waals surface area contributed by atoms with E-state index in [2.05, 4.69) is 9.26 Å². The molecule has 1 heterocycles. The van der Waals surface area contributed by atoms with Crippen LogP contribution in [0.2, 0.25) is 0 Å². The molecule has 0 aliphatic rings. The summed E-state index contributed by atoms with van der Waals surface area (Å²) >= 11 is 0. The van der Waals surface area contributed by atoms with E-state index in [0.717, 1.165) is 0 Å². The largest absolute Gasteiger partial charge is 0.304 e. The molecule has 14 heavy (non-hydrogen) atoms. The van der Waals surface area contributed by atoms with Gasteiger partial charge in [-0.25, -0.2) is 9.19 Å². The van der Waals surface area contributed by atoms with Gasteiger partial charge < -0.3 is 4.27 Å². The lowest BCUT2D eigenvalue weighted by atomic mass is 10.4. The van der Waals surface area contributed by atoms with Gasteiger partial charge in [0.2, 0.25) is 0 Å². The highest BCUT2D eigenvalue weighted by molar-refractivity contribution is 7.94. The molecule has 6 heteroatoms.